The van der Waals surface area contributed by atoms with Crippen molar-refractivity contribution in [2.45, 2.75) is 122 Å². The molecular formula is C38H58S4Sn2. The zero-order chi connectivity index (χ0) is 32.1. The summed E-state index contributed by atoms with van der Waals surface area (Å²) in [5, 5.41) is 0. The van der Waals surface area contributed by atoms with Gasteiger partial charge in [-0.3, -0.25) is 0 Å². The maximum atomic E-state index is 2.61. The fourth-order valence-electron chi connectivity index (χ4n) is 6.23. The van der Waals surface area contributed by atoms with Crippen LogP contribution < -0.4 is 5.79 Å². The van der Waals surface area contributed by atoms with Gasteiger partial charge in [-0.05, 0) is 0 Å². The third-order valence-electron chi connectivity index (χ3n) is 8.99. The van der Waals surface area contributed by atoms with E-state index in [2.05, 4.69) is 139 Å². The van der Waals surface area contributed by atoms with Gasteiger partial charge in [-0.2, -0.15) is 0 Å². The third-order valence-corrected chi connectivity index (χ3v) is 32.6. The van der Waals surface area contributed by atoms with E-state index in [1.165, 1.54) is 83.7 Å². The van der Waals surface area contributed by atoms with Crippen molar-refractivity contribution in [3.8, 4) is 30.6 Å². The van der Waals surface area contributed by atoms with Crippen LogP contribution in [-0.2, 0) is 12.8 Å². The van der Waals surface area contributed by atoms with Crippen LogP contribution in [0.5, 0.6) is 0 Å². The Bertz CT molecular complexity index is 1340. The second-order valence-electron chi connectivity index (χ2n) is 15.0. The van der Waals surface area contributed by atoms with Gasteiger partial charge >= 0.3 is 298 Å². The summed E-state index contributed by atoms with van der Waals surface area (Å²) in [4.78, 5) is 24.9. The number of hydrogen-bond donors (Lipinski definition) is 0. The van der Waals surface area contributed by atoms with Crippen LogP contribution in [0.3, 0.4) is 0 Å². The molecule has 2 atom stereocenters. The molecule has 0 amide bonds. The van der Waals surface area contributed by atoms with E-state index in [1.54, 1.807) is 26.7 Å². The van der Waals surface area contributed by atoms with Crippen LogP contribution in [-0.4, -0.2) is 36.8 Å². The Morgan fingerprint density at radius 3 is 1.23 bits per heavy atom. The Morgan fingerprint density at radius 2 is 0.909 bits per heavy atom. The average molecular weight is 881 g/mol. The zero-order valence-corrected chi connectivity index (χ0v) is 38.3. The maximum absolute atomic E-state index is 2.61. The van der Waals surface area contributed by atoms with Gasteiger partial charge in [-0.25, -0.2) is 0 Å². The molecule has 242 valence electrons. The summed E-state index contributed by atoms with van der Waals surface area (Å²) >= 11 is 3.76. The Hall–Kier alpha value is 0.397. The van der Waals surface area contributed by atoms with Crippen molar-refractivity contribution in [2.24, 2.45) is 11.8 Å². The first-order valence-electron chi connectivity index (χ1n) is 17.3. The minimum absolute atomic E-state index is 0.828. The van der Waals surface area contributed by atoms with Gasteiger partial charge in [-0.15, -0.1) is 0 Å². The van der Waals surface area contributed by atoms with E-state index < -0.39 is 36.8 Å². The van der Waals surface area contributed by atoms with Gasteiger partial charge in [0.1, 0.15) is 0 Å². The average Bonchev–Trinajstić information content (AvgIpc) is 3.77. The number of thiophene rings is 4. The molecule has 4 aromatic heterocycles. The summed E-state index contributed by atoms with van der Waals surface area (Å²) in [5.41, 5.74) is 3.14. The van der Waals surface area contributed by atoms with Crippen molar-refractivity contribution in [1.29, 1.82) is 0 Å². The molecule has 0 aliphatic heterocycles. The molecule has 0 aliphatic carbocycles. The van der Waals surface area contributed by atoms with Gasteiger partial charge in [-0.1, -0.05) is 0 Å². The molecule has 4 aromatic rings. The molecule has 0 aliphatic rings. The quantitative estimate of drug-likeness (QED) is 0.0927. The van der Waals surface area contributed by atoms with E-state index >= 15 is 0 Å². The number of hydrogen-bond acceptors (Lipinski definition) is 4. The first-order chi connectivity index (χ1) is 20.9. The van der Waals surface area contributed by atoms with E-state index in [4.69, 9.17) is 0 Å². The second kappa shape index (κ2) is 16.7. The zero-order valence-electron chi connectivity index (χ0n) is 29.3. The van der Waals surface area contributed by atoms with Crippen molar-refractivity contribution < 1.29 is 0 Å². The summed E-state index contributed by atoms with van der Waals surface area (Å²) in [7, 11) is 0. The topological polar surface area (TPSA) is 0 Å². The van der Waals surface area contributed by atoms with Crippen LogP contribution in [0, 0.1) is 11.8 Å². The monoisotopic (exact) mass is 882 g/mol. The van der Waals surface area contributed by atoms with E-state index in [1.807, 2.05) is 0 Å². The van der Waals surface area contributed by atoms with Crippen LogP contribution in [0.2, 0.25) is 29.6 Å². The fourth-order valence-corrected chi connectivity index (χ4v) is 24.6. The minimum atomic E-state index is -2.34. The van der Waals surface area contributed by atoms with Crippen molar-refractivity contribution >= 4 is 87.9 Å². The third kappa shape index (κ3) is 9.73. The molecule has 4 rings (SSSR count). The molecule has 0 nitrogen and oxygen atoms in total. The van der Waals surface area contributed by atoms with Crippen molar-refractivity contribution in [1.82, 2.24) is 0 Å². The van der Waals surface area contributed by atoms with Crippen LogP contribution in [0.25, 0.3) is 30.6 Å². The first kappa shape index (κ1) is 37.2. The SMILES string of the molecule is CCCCC(CC)Cc1ccc(-c2cc(-c3cc(-c4ccc(CC(CC)CCCC)s4)[c]([Sn]([CH3])([CH3])[CH3])s3)s[c]2[Sn]([CH3])([CH3])[CH3])s1. The summed E-state index contributed by atoms with van der Waals surface area (Å²) in [5.74, 6) is 1.66. The Kier molecular flexibility index (Phi) is 14.1. The van der Waals surface area contributed by atoms with E-state index in [0.717, 1.165) is 11.8 Å². The van der Waals surface area contributed by atoms with Crippen LogP contribution >= 0.6 is 45.3 Å². The molecule has 0 bridgehead atoms. The fraction of sp³-hybridized carbons (Fsp3) is 0.579. The normalized spacial score (nSPS) is 14.0. The van der Waals surface area contributed by atoms with E-state index in [-0.39, 0.29) is 0 Å². The molecule has 44 heavy (non-hydrogen) atoms. The van der Waals surface area contributed by atoms with E-state index in [9.17, 15) is 0 Å². The first-order valence-corrected chi connectivity index (χ1v) is 40.6. The summed E-state index contributed by atoms with van der Waals surface area (Å²) in [6, 6.07) is 15.0. The number of rotatable bonds is 17. The van der Waals surface area contributed by atoms with Gasteiger partial charge in [0.15, 0.2) is 0 Å². The molecule has 0 radical (unpaired) electrons. The van der Waals surface area contributed by atoms with Crippen molar-refractivity contribution in [2.75, 3.05) is 0 Å². The molecule has 4 heterocycles. The summed E-state index contributed by atoms with van der Waals surface area (Å²) < 4.78 is 3.49. The second-order valence-corrected chi connectivity index (χ2v) is 50.0. The van der Waals surface area contributed by atoms with Crippen LogP contribution in [0.4, 0.5) is 0 Å². The molecule has 0 saturated carbocycles. The number of unbranched alkanes of at least 4 members (excludes halogenated alkanes) is 2. The van der Waals surface area contributed by atoms with Gasteiger partial charge in [0, 0.05) is 0 Å². The summed E-state index contributed by atoms with van der Waals surface area (Å²) in [6.07, 6.45) is 13.2. The summed E-state index contributed by atoms with van der Waals surface area (Å²) in [6.45, 7) is 9.40. The molecule has 0 spiro atoms. The van der Waals surface area contributed by atoms with Crippen molar-refractivity contribution in [3.05, 3.63) is 46.2 Å². The van der Waals surface area contributed by atoms with Gasteiger partial charge < -0.3 is 0 Å². The predicted molar refractivity (Wildman–Crippen MR) is 214 cm³/mol. The van der Waals surface area contributed by atoms with Gasteiger partial charge in [0.25, 0.3) is 0 Å². The Balaban J connectivity index is 1.68. The Morgan fingerprint density at radius 1 is 0.523 bits per heavy atom. The molecule has 6 heteroatoms. The molecule has 0 aromatic carbocycles. The molecule has 0 saturated heterocycles. The Labute approximate surface area is 294 Å². The van der Waals surface area contributed by atoms with Crippen LogP contribution in [0.15, 0.2) is 36.4 Å². The van der Waals surface area contributed by atoms with Crippen LogP contribution in [0.1, 0.15) is 88.8 Å². The molecule has 0 N–H and O–H groups in total. The van der Waals surface area contributed by atoms with Crippen molar-refractivity contribution in [3.63, 3.8) is 0 Å². The van der Waals surface area contributed by atoms with Gasteiger partial charge in [0.05, 0.1) is 0 Å². The molecule has 2 unspecified atom stereocenters. The van der Waals surface area contributed by atoms with Gasteiger partial charge in [0.2, 0.25) is 0 Å². The standard InChI is InChI=1S/C32H40S4.6CH3.2Sn/c1-5-9-11-23(7-3)17-27-13-15-29(35-27)25-19-31(33-21-25)32-20-26(22-34-32)30-16-14-28(36-30)18-24(8-4)12-10-6-2;;;;;;;;/h13-16,19-20,23-24H,5-12,17-18H2,1-4H3;6*1H3;;. The molecule has 0 fully saturated rings. The van der Waals surface area contributed by atoms with E-state index in [0.29, 0.717) is 0 Å². The predicted octanol–water partition coefficient (Wildman–Crippen LogP) is 13.5. The molecular weight excluding hydrogens is 822 g/mol.